The number of rotatable bonds is 5. The summed E-state index contributed by atoms with van der Waals surface area (Å²) in [6.07, 6.45) is 0.928. The molecule has 4 aromatic rings. The molecule has 0 spiro atoms. The highest BCUT2D eigenvalue weighted by molar-refractivity contribution is 5.82. The summed E-state index contributed by atoms with van der Waals surface area (Å²) in [5.74, 6) is -1.09. The van der Waals surface area contributed by atoms with Crippen molar-refractivity contribution in [2.24, 2.45) is 0 Å². The number of aliphatic carboxylic acids is 1. The van der Waals surface area contributed by atoms with Crippen molar-refractivity contribution < 1.29 is 19.4 Å². The fraction of sp³-hybridized carbons (Fsp3) is 0.241. The van der Waals surface area contributed by atoms with E-state index in [1.807, 2.05) is 30.3 Å². The van der Waals surface area contributed by atoms with Gasteiger partial charge in [-0.3, -0.25) is 14.2 Å². The van der Waals surface area contributed by atoms with Gasteiger partial charge in [-0.2, -0.15) is 0 Å². The molecule has 1 aliphatic heterocycles. The minimum atomic E-state index is -1.10. The van der Waals surface area contributed by atoms with Crippen LogP contribution in [0.1, 0.15) is 17.0 Å². The molecule has 192 valence electrons. The van der Waals surface area contributed by atoms with Gasteiger partial charge in [0.1, 0.15) is 13.2 Å². The van der Waals surface area contributed by atoms with Crippen molar-refractivity contribution in [3.05, 3.63) is 94.5 Å². The summed E-state index contributed by atoms with van der Waals surface area (Å²) >= 11 is 0. The van der Waals surface area contributed by atoms with Crippen LogP contribution in [0.2, 0.25) is 0 Å². The van der Waals surface area contributed by atoms with Crippen molar-refractivity contribution in [1.82, 2.24) is 14.5 Å². The van der Waals surface area contributed by atoms with E-state index < -0.39 is 18.1 Å². The lowest BCUT2D eigenvalue weighted by atomic mass is 9.98. The number of carboxylic acids is 1. The molecule has 0 radical (unpaired) electrons. The van der Waals surface area contributed by atoms with Gasteiger partial charge in [0.25, 0.3) is 5.56 Å². The van der Waals surface area contributed by atoms with E-state index in [4.69, 9.17) is 9.84 Å². The lowest BCUT2D eigenvalue weighted by molar-refractivity contribution is -0.137. The first-order chi connectivity index (χ1) is 18.5. The number of piperazine rings is 1. The maximum Gasteiger partial charge on any atom is 0.409 e. The molecule has 0 atom stereocenters. The molecule has 0 unspecified atom stereocenters. The topological polar surface area (TPSA) is 105 Å². The molecule has 1 aromatic heterocycles. The summed E-state index contributed by atoms with van der Waals surface area (Å²) in [6.45, 7) is 1.99. The minimum Gasteiger partial charge on any atom is -0.480 e. The maximum atomic E-state index is 13.0. The van der Waals surface area contributed by atoms with Gasteiger partial charge in [-0.1, -0.05) is 48.5 Å². The van der Waals surface area contributed by atoms with Crippen molar-refractivity contribution >= 4 is 28.7 Å². The van der Waals surface area contributed by atoms with Gasteiger partial charge in [0.15, 0.2) is 0 Å². The highest BCUT2D eigenvalue weighted by Crippen LogP contribution is 2.44. The number of aromatic nitrogens is 2. The molecule has 1 saturated heterocycles. The normalized spacial score (nSPS) is 14.8. The number of carbonyl (C=O) groups is 2. The van der Waals surface area contributed by atoms with Crippen molar-refractivity contribution in [2.45, 2.75) is 12.5 Å². The van der Waals surface area contributed by atoms with Gasteiger partial charge in [-0.05, 0) is 40.5 Å². The van der Waals surface area contributed by atoms with Crippen molar-refractivity contribution in [3.8, 4) is 11.1 Å². The van der Waals surface area contributed by atoms with Crippen LogP contribution in [0.3, 0.4) is 0 Å². The lowest BCUT2D eigenvalue weighted by Gasteiger charge is -2.35. The van der Waals surface area contributed by atoms with E-state index in [1.165, 1.54) is 28.6 Å². The van der Waals surface area contributed by atoms with Gasteiger partial charge < -0.3 is 19.6 Å². The number of anilines is 1. The number of ether oxygens (including phenoxy) is 1. The average molecular weight is 511 g/mol. The molecule has 9 heteroatoms. The minimum absolute atomic E-state index is 0.0176. The first-order valence-electron chi connectivity index (χ1n) is 12.6. The van der Waals surface area contributed by atoms with Crippen LogP contribution in [0, 0.1) is 0 Å². The molecule has 2 heterocycles. The second-order valence-corrected chi connectivity index (χ2v) is 9.55. The van der Waals surface area contributed by atoms with Crippen LogP contribution < -0.4 is 10.5 Å². The number of nitrogens with zero attached hydrogens (tertiary/aromatic N) is 4. The third-order valence-electron chi connectivity index (χ3n) is 7.35. The van der Waals surface area contributed by atoms with Gasteiger partial charge in [-0.25, -0.2) is 9.78 Å². The summed E-state index contributed by atoms with van der Waals surface area (Å²) < 4.78 is 6.89. The molecule has 9 nitrogen and oxygen atoms in total. The summed E-state index contributed by atoms with van der Waals surface area (Å²) in [4.78, 5) is 44.8. The summed E-state index contributed by atoms with van der Waals surface area (Å²) in [7, 11) is 0. The number of hydrogen-bond acceptors (Lipinski definition) is 6. The number of hydrogen-bond donors (Lipinski definition) is 1. The van der Waals surface area contributed by atoms with E-state index in [0.29, 0.717) is 37.1 Å². The zero-order chi connectivity index (χ0) is 26.2. The quantitative estimate of drug-likeness (QED) is 0.438. The van der Waals surface area contributed by atoms with Gasteiger partial charge >= 0.3 is 12.1 Å². The smallest absolute Gasteiger partial charge is 0.409 e. The SMILES string of the molecule is O=C(O)Cn1cnc2ccc(N3CCN(C(=O)OCC4c5ccccc5-c5ccccc54)CC3)cc2c1=O. The Kier molecular flexibility index (Phi) is 6.03. The van der Waals surface area contributed by atoms with Gasteiger partial charge in [-0.15, -0.1) is 0 Å². The number of benzene rings is 3. The van der Waals surface area contributed by atoms with Crippen LogP contribution in [0.15, 0.2) is 77.9 Å². The third-order valence-corrected chi connectivity index (χ3v) is 7.35. The van der Waals surface area contributed by atoms with Gasteiger partial charge in [0.2, 0.25) is 0 Å². The van der Waals surface area contributed by atoms with Crippen molar-refractivity contribution in [1.29, 1.82) is 0 Å². The number of amides is 1. The molecule has 1 fully saturated rings. The molecule has 1 N–H and O–H groups in total. The second-order valence-electron chi connectivity index (χ2n) is 9.55. The van der Waals surface area contributed by atoms with Crippen LogP contribution >= 0.6 is 0 Å². The molecule has 0 bridgehead atoms. The highest BCUT2D eigenvalue weighted by atomic mass is 16.6. The lowest BCUT2D eigenvalue weighted by Crippen LogP contribution is -2.49. The fourth-order valence-corrected chi connectivity index (χ4v) is 5.43. The average Bonchev–Trinajstić information content (AvgIpc) is 3.27. The molecule has 1 aliphatic carbocycles. The fourth-order valence-electron chi connectivity index (χ4n) is 5.43. The molecule has 0 saturated carbocycles. The molecular weight excluding hydrogens is 484 g/mol. The van der Waals surface area contributed by atoms with E-state index in [2.05, 4.69) is 34.1 Å². The Balaban J connectivity index is 1.11. The maximum absolute atomic E-state index is 13.0. The summed E-state index contributed by atoms with van der Waals surface area (Å²) in [6, 6.07) is 21.9. The van der Waals surface area contributed by atoms with Crippen LogP contribution in [-0.4, -0.2) is 64.4 Å². The molecule has 38 heavy (non-hydrogen) atoms. The number of carbonyl (C=O) groups excluding carboxylic acids is 1. The molecule has 6 rings (SSSR count). The number of fused-ring (bicyclic) bond motifs is 4. The first kappa shape index (κ1) is 23.7. The van der Waals surface area contributed by atoms with E-state index in [1.54, 1.807) is 17.0 Å². The van der Waals surface area contributed by atoms with Crippen molar-refractivity contribution in [3.63, 3.8) is 0 Å². The van der Waals surface area contributed by atoms with Crippen LogP contribution in [0.5, 0.6) is 0 Å². The Labute approximate surface area is 218 Å². The zero-order valence-corrected chi connectivity index (χ0v) is 20.6. The zero-order valence-electron chi connectivity index (χ0n) is 20.6. The Morgan fingerprint density at radius 3 is 2.24 bits per heavy atom. The largest absolute Gasteiger partial charge is 0.480 e. The molecule has 1 amide bonds. The Morgan fingerprint density at radius 1 is 0.921 bits per heavy atom. The van der Waals surface area contributed by atoms with Crippen LogP contribution in [0.25, 0.3) is 22.0 Å². The first-order valence-corrected chi connectivity index (χ1v) is 12.6. The van der Waals surface area contributed by atoms with E-state index in [-0.39, 0.29) is 18.6 Å². The molecular formula is C29H26N4O5. The monoisotopic (exact) mass is 510 g/mol. The van der Waals surface area contributed by atoms with E-state index in [9.17, 15) is 14.4 Å². The van der Waals surface area contributed by atoms with Gasteiger partial charge in [0, 0.05) is 37.8 Å². The predicted octanol–water partition coefficient (Wildman–Crippen LogP) is 3.55. The number of carboxylic acid groups (broad SMARTS) is 1. The highest BCUT2D eigenvalue weighted by Gasteiger charge is 2.30. The van der Waals surface area contributed by atoms with Crippen LogP contribution in [-0.2, 0) is 16.1 Å². The standard InChI is InChI=1S/C29H26N4O5/c34-27(35)16-33-18-30-26-10-9-19(15-24(26)28(33)36)31-11-13-32(14-12-31)29(37)38-17-25-22-7-3-1-5-20(22)21-6-2-4-8-23(21)25/h1-10,15,18,25H,11-14,16-17H2,(H,34,35). The second kappa shape index (κ2) is 9.66. The predicted molar refractivity (Wildman–Crippen MR) is 142 cm³/mol. The Hall–Kier alpha value is -4.66. The van der Waals surface area contributed by atoms with E-state index in [0.717, 1.165) is 10.3 Å². The van der Waals surface area contributed by atoms with E-state index >= 15 is 0 Å². The molecule has 2 aliphatic rings. The third kappa shape index (κ3) is 4.26. The molecule has 3 aromatic carbocycles. The Morgan fingerprint density at radius 2 is 1.58 bits per heavy atom. The summed E-state index contributed by atoms with van der Waals surface area (Å²) in [5.41, 5.74) is 5.70. The van der Waals surface area contributed by atoms with Crippen LogP contribution in [0.4, 0.5) is 10.5 Å². The Bertz CT molecular complexity index is 1560. The van der Waals surface area contributed by atoms with Gasteiger partial charge in [0.05, 0.1) is 17.2 Å². The summed E-state index contributed by atoms with van der Waals surface area (Å²) in [5, 5.41) is 9.41. The van der Waals surface area contributed by atoms with Crippen molar-refractivity contribution in [2.75, 3.05) is 37.7 Å².